The number of hydrogen-bond acceptors (Lipinski definition) is 5. The highest BCUT2D eigenvalue weighted by molar-refractivity contribution is 7.92. The summed E-state index contributed by atoms with van der Waals surface area (Å²) in [7, 11) is -3.84. The minimum Gasteiger partial charge on any atom is -0.489 e. The molecule has 0 spiro atoms. The molecular formula is C30H36ClN3O5S. The van der Waals surface area contributed by atoms with Gasteiger partial charge in [-0.1, -0.05) is 74.0 Å². The average Bonchev–Trinajstić information content (AvgIpc) is 2.93. The zero-order valence-electron chi connectivity index (χ0n) is 23.2. The van der Waals surface area contributed by atoms with Crippen LogP contribution in [0, 0.1) is 5.92 Å². The quantitative estimate of drug-likeness (QED) is 0.309. The maximum absolute atomic E-state index is 13.7. The van der Waals surface area contributed by atoms with Gasteiger partial charge in [-0.3, -0.25) is 13.9 Å². The van der Waals surface area contributed by atoms with E-state index in [2.05, 4.69) is 5.32 Å². The fraction of sp³-hybridized carbons (Fsp3) is 0.333. The SMILES string of the molecule is CC(C)CNC(=O)[C@@H](C)N(Cc1ccccc1Cl)C(=O)CN(c1ccc(OCc2ccccc2)cc1)S(C)(=O)=O. The van der Waals surface area contributed by atoms with Crippen LogP contribution >= 0.6 is 11.6 Å². The molecule has 3 aromatic rings. The number of ether oxygens (including phenoxy) is 1. The van der Waals surface area contributed by atoms with Gasteiger partial charge in [0.25, 0.3) is 0 Å². The highest BCUT2D eigenvalue weighted by atomic mass is 35.5. The van der Waals surface area contributed by atoms with E-state index in [0.717, 1.165) is 16.1 Å². The van der Waals surface area contributed by atoms with E-state index < -0.39 is 28.5 Å². The Morgan fingerprint density at radius 2 is 1.55 bits per heavy atom. The van der Waals surface area contributed by atoms with Gasteiger partial charge in [0.1, 0.15) is 24.9 Å². The number of anilines is 1. The normalized spacial score (nSPS) is 12.1. The summed E-state index contributed by atoms with van der Waals surface area (Å²) in [6, 6.07) is 22.3. The Hall–Kier alpha value is -3.56. The molecule has 0 heterocycles. The van der Waals surface area contributed by atoms with E-state index in [1.807, 2.05) is 44.2 Å². The second-order valence-electron chi connectivity index (χ2n) is 9.97. The lowest BCUT2D eigenvalue weighted by Gasteiger charge is -2.31. The van der Waals surface area contributed by atoms with Gasteiger partial charge in [0.15, 0.2) is 0 Å². The van der Waals surface area contributed by atoms with Gasteiger partial charge >= 0.3 is 0 Å². The van der Waals surface area contributed by atoms with Crippen LogP contribution in [0.3, 0.4) is 0 Å². The van der Waals surface area contributed by atoms with Crippen LogP contribution in [0.25, 0.3) is 0 Å². The van der Waals surface area contributed by atoms with E-state index >= 15 is 0 Å². The first-order valence-corrected chi connectivity index (χ1v) is 15.2. The fourth-order valence-corrected chi connectivity index (χ4v) is 4.95. The van der Waals surface area contributed by atoms with Gasteiger partial charge in [-0.25, -0.2) is 8.42 Å². The van der Waals surface area contributed by atoms with Crippen molar-refractivity contribution in [2.75, 3.05) is 23.7 Å². The Balaban J connectivity index is 1.82. The Morgan fingerprint density at radius 1 is 0.925 bits per heavy atom. The minimum absolute atomic E-state index is 0.0403. The summed E-state index contributed by atoms with van der Waals surface area (Å²) in [5.74, 6) is -0.0886. The molecule has 3 aromatic carbocycles. The first kappa shape index (κ1) is 31.0. The minimum atomic E-state index is -3.84. The predicted octanol–water partition coefficient (Wildman–Crippen LogP) is 4.87. The number of benzene rings is 3. The number of carbonyl (C=O) groups excluding carboxylic acids is 2. The molecule has 0 aliphatic heterocycles. The van der Waals surface area contributed by atoms with Gasteiger partial charge < -0.3 is 15.0 Å². The van der Waals surface area contributed by atoms with Gasteiger partial charge in [0.05, 0.1) is 11.9 Å². The summed E-state index contributed by atoms with van der Waals surface area (Å²) < 4.78 is 32.4. The molecular weight excluding hydrogens is 550 g/mol. The Bertz CT molecular complexity index is 1380. The Kier molecular flexibility index (Phi) is 11.0. The van der Waals surface area contributed by atoms with Crippen molar-refractivity contribution >= 4 is 39.1 Å². The second kappa shape index (κ2) is 14.2. The highest BCUT2D eigenvalue weighted by Gasteiger charge is 2.30. The van der Waals surface area contributed by atoms with Crippen molar-refractivity contribution in [1.29, 1.82) is 0 Å². The summed E-state index contributed by atoms with van der Waals surface area (Å²) in [5, 5.41) is 3.30. The molecule has 0 fully saturated rings. The number of amides is 2. The van der Waals surface area contributed by atoms with Gasteiger partial charge in [-0.05, 0) is 54.3 Å². The van der Waals surface area contributed by atoms with Crippen LogP contribution in [0.4, 0.5) is 5.69 Å². The van der Waals surface area contributed by atoms with Crippen molar-refractivity contribution < 1.29 is 22.7 Å². The van der Waals surface area contributed by atoms with Crippen LogP contribution in [-0.4, -0.2) is 50.5 Å². The van der Waals surface area contributed by atoms with Crippen molar-refractivity contribution in [3.8, 4) is 5.75 Å². The van der Waals surface area contributed by atoms with Gasteiger partial charge in [-0.15, -0.1) is 0 Å². The fourth-order valence-electron chi connectivity index (χ4n) is 3.91. The molecule has 3 rings (SSSR count). The maximum Gasteiger partial charge on any atom is 0.244 e. The lowest BCUT2D eigenvalue weighted by molar-refractivity contribution is -0.139. The van der Waals surface area contributed by atoms with Crippen LogP contribution in [0.5, 0.6) is 5.75 Å². The summed E-state index contributed by atoms with van der Waals surface area (Å²) in [5.41, 5.74) is 1.95. The third kappa shape index (κ3) is 8.99. The predicted molar refractivity (Wildman–Crippen MR) is 159 cm³/mol. The smallest absolute Gasteiger partial charge is 0.244 e. The lowest BCUT2D eigenvalue weighted by Crippen LogP contribution is -2.51. The van der Waals surface area contributed by atoms with Gasteiger partial charge in [0, 0.05) is 18.1 Å². The molecule has 0 unspecified atom stereocenters. The van der Waals surface area contributed by atoms with Gasteiger partial charge in [0.2, 0.25) is 21.8 Å². The largest absolute Gasteiger partial charge is 0.489 e. The summed E-state index contributed by atoms with van der Waals surface area (Å²) in [6.45, 7) is 5.93. The third-order valence-electron chi connectivity index (χ3n) is 6.20. The van der Waals surface area contributed by atoms with Crippen LogP contribution in [-0.2, 0) is 32.8 Å². The van der Waals surface area contributed by atoms with Crippen LogP contribution in [0.15, 0.2) is 78.9 Å². The van der Waals surface area contributed by atoms with E-state index in [1.54, 1.807) is 55.5 Å². The summed E-state index contributed by atoms with van der Waals surface area (Å²) >= 11 is 6.36. The Morgan fingerprint density at radius 3 is 2.15 bits per heavy atom. The topological polar surface area (TPSA) is 96.0 Å². The molecule has 1 N–H and O–H groups in total. The molecule has 0 aromatic heterocycles. The number of rotatable bonds is 13. The zero-order valence-corrected chi connectivity index (χ0v) is 24.8. The average molecular weight is 586 g/mol. The van der Waals surface area contributed by atoms with Crippen LogP contribution < -0.4 is 14.4 Å². The molecule has 0 saturated carbocycles. The molecule has 2 amide bonds. The molecule has 0 bridgehead atoms. The van der Waals surface area contributed by atoms with Crippen LogP contribution in [0.1, 0.15) is 31.9 Å². The van der Waals surface area contributed by atoms with E-state index in [1.165, 1.54) is 4.90 Å². The maximum atomic E-state index is 13.7. The number of halogens is 1. The first-order chi connectivity index (χ1) is 19.0. The molecule has 8 nitrogen and oxygen atoms in total. The molecule has 0 aliphatic rings. The molecule has 0 radical (unpaired) electrons. The molecule has 0 saturated heterocycles. The molecule has 40 heavy (non-hydrogen) atoms. The lowest BCUT2D eigenvalue weighted by atomic mass is 10.1. The monoisotopic (exact) mass is 585 g/mol. The third-order valence-corrected chi connectivity index (χ3v) is 7.71. The second-order valence-corrected chi connectivity index (χ2v) is 12.3. The number of carbonyl (C=O) groups is 2. The number of nitrogens with one attached hydrogen (secondary N) is 1. The van der Waals surface area contributed by atoms with Crippen LogP contribution in [0.2, 0.25) is 5.02 Å². The van der Waals surface area contributed by atoms with E-state index in [0.29, 0.717) is 35.2 Å². The molecule has 10 heteroatoms. The first-order valence-electron chi connectivity index (χ1n) is 13.0. The molecule has 1 atom stereocenters. The van der Waals surface area contributed by atoms with E-state index in [-0.39, 0.29) is 18.4 Å². The number of hydrogen-bond donors (Lipinski definition) is 1. The number of nitrogens with zero attached hydrogens (tertiary/aromatic N) is 2. The summed E-state index contributed by atoms with van der Waals surface area (Å²) in [4.78, 5) is 28.0. The molecule has 0 aliphatic carbocycles. The standard InChI is InChI=1S/C30H36ClN3O5S/c1-22(2)18-32-30(36)23(3)33(19-25-12-8-9-13-28(25)31)29(35)20-34(40(4,37)38)26-14-16-27(17-15-26)39-21-24-10-6-5-7-11-24/h5-17,22-23H,18-21H2,1-4H3,(H,32,36)/t23-/m1/s1. The van der Waals surface area contributed by atoms with E-state index in [4.69, 9.17) is 16.3 Å². The van der Waals surface area contributed by atoms with Crippen molar-refractivity contribution in [2.45, 2.75) is 40.0 Å². The Labute approximate surface area is 241 Å². The zero-order chi connectivity index (χ0) is 29.3. The van der Waals surface area contributed by atoms with Crippen molar-refractivity contribution in [3.63, 3.8) is 0 Å². The van der Waals surface area contributed by atoms with Gasteiger partial charge in [-0.2, -0.15) is 0 Å². The highest BCUT2D eigenvalue weighted by Crippen LogP contribution is 2.24. The van der Waals surface area contributed by atoms with Crippen molar-refractivity contribution in [2.24, 2.45) is 5.92 Å². The van der Waals surface area contributed by atoms with Crippen molar-refractivity contribution in [3.05, 3.63) is 95.0 Å². The molecule has 214 valence electrons. The van der Waals surface area contributed by atoms with Crippen molar-refractivity contribution in [1.82, 2.24) is 10.2 Å². The summed E-state index contributed by atoms with van der Waals surface area (Å²) in [6.07, 6.45) is 1.04. The van der Waals surface area contributed by atoms with E-state index in [9.17, 15) is 18.0 Å². The number of sulfonamides is 1.